The van der Waals surface area contributed by atoms with Gasteiger partial charge >= 0.3 is 0 Å². The number of amides is 1. The summed E-state index contributed by atoms with van der Waals surface area (Å²) < 4.78 is 2.72. The van der Waals surface area contributed by atoms with Crippen LogP contribution in [0.5, 0.6) is 0 Å². The minimum atomic E-state index is -0.387. The second-order valence-electron chi connectivity index (χ2n) is 3.71. The van der Waals surface area contributed by atoms with Crippen LogP contribution in [0, 0.1) is 0 Å². The number of hydrogen-bond acceptors (Lipinski definition) is 4. The average Bonchev–Trinajstić information content (AvgIpc) is 2.59. The highest BCUT2D eigenvalue weighted by molar-refractivity contribution is 5.44. The van der Waals surface area contributed by atoms with Crippen molar-refractivity contribution in [2.45, 2.75) is 25.6 Å². The van der Waals surface area contributed by atoms with Crippen molar-refractivity contribution in [3.63, 3.8) is 0 Å². The molecule has 2 unspecified atom stereocenters. The summed E-state index contributed by atoms with van der Waals surface area (Å²) in [6, 6.07) is 2.41. The molecule has 2 N–H and O–H groups in total. The van der Waals surface area contributed by atoms with Gasteiger partial charge in [-0.3, -0.25) is 19.8 Å². The summed E-state index contributed by atoms with van der Waals surface area (Å²) >= 11 is 0. The van der Waals surface area contributed by atoms with E-state index in [0.717, 1.165) is 0 Å². The van der Waals surface area contributed by atoms with E-state index in [1.54, 1.807) is 0 Å². The van der Waals surface area contributed by atoms with E-state index in [2.05, 4.69) is 10.9 Å². The lowest BCUT2D eigenvalue weighted by Gasteiger charge is -2.14. The number of rotatable bonds is 3. The van der Waals surface area contributed by atoms with E-state index in [1.807, 2.05) is 6.92 Å². The number of aromatic nitrogens is 2. The summed E-state index contributed by atoms with van der Waals surface area (Å²) in [6.07, 6.45) is 0.668. The van der Waals surface area contributed by atoms with Gasteiger partial charge in [-0.25, -0.2) is 14.8 Å². The highest BCUT2D eigenvalue weighted by Gasteiger charge is 2.28. The van der Waals surface area contributed by atoms with E-state index in [0.29, 0.717) is 12.8 Å². The fraction of sp³-hybridized carbons (Fsp3) is 0.444. The zero-order valence-electron chi connectivity index (χ0n) is 8.71. The van der Waals surface area contributed by atoms with Crippen LogP contribution >= 0.6 is 0 Å². The normalized spacial score (nSPS) is 22.8. The Balaban J connectivity index is 2.48. The van der Waals surface area contributed by atoms with Crippen molar-refractivity contribution in [1.82, 2.24) is 20.2 Å². The fourth-order valence-electron chi connectivity index (χ4n) is 2.01. The van der Waals surface area contributed by atoms with Gasteiger partial charge in [0.05, 0.1) is 6.04 Å². The molecule has 1 aliphatic heterocycles. The van der Waals surface area contributed by atoms with Gasteiger partial charge in [0.1, 0.15) is 6.17 Å². The highest BCUT2D eigenvalue weighted by atomic mass is 16.2. The molecule has 2 heterocycles. The third-order valence-electron chi connectivity index (χ3n) is 2.64. The topological polar surface area (TPSA) is 85.1 Å². The maximum Gasteiger partial charge on any atom is 0.266 e. The molecule has 7 nitrogen and oxygen atoms in total. The van der Waals surface area contributed by atoms with Crippen molar-refractivity contribution < 1.29 is 4.79 Å². The van der Waals surface area contributed by atoms with Crippen molar-refractivity contribution in [1.29, 1.82) is 0 Å². The Hall–Kier alpha value is -1.89. The number of nitrogens with zero attached hydrogens (tertiary/aromatic N) is 2. The molecule has 1 aliphatic rings. The Labute approximate surface area is 90.6 Å². The summed E-state index contributed by atoms with van der Waals surface area (Å²) in [5.41, 5.74) is 4.47. The quantitative estimate of drug-likeness (QED) is 0.495. The Kier molecular flexibility index (Phi) is 2.61. The zero-order chi connectivity index (χ0) is 11.7. The van der Waals surface area contributed by atoms with Crippen molar-refractivity contribution in [2.24, 2.45) is 0 Å². The number of hydrogen-bond donors (Lipinski definition) is 2. The monoisotopic (exact) mass is 224 g/mol. The maximum atomic E-state index is 11.6. The first-order chi connectivity index (χ1) is 7.65. The van der Waals surface area contributed by atoms with Crippen LogP contribution in [0.1, 0.15) is 25.6 Å². The van der Waals surface area contributed by atoms with E-state index >= 15 is 0 Å². The van der Waals surface area contributed by atoms with Gasteiger partial charge in [-0.15, -0.1) is 0 Å². The van der Waals surface area contributed by atoms with Gasteiger partial charge in [0.2, 0.25) is 6.41 Å². The predicted molar refractivity (Wildman–Crippen MR) is 55.7 cm³/mol. The van der Waals surface area contributed by atoms with E-state index < -0.39 is 0 Å². The van der Waals surface area contributed by atoms with Gasteiger partial charge in [-0.05, 0) is 6.92 Å². The summed E-state index contributed by atoms with van der Waals surface area (Å²) in [5, 5.41) is 0. The number of carbonyl (C=O) groups is 1. The molecule has 1 aromatic heterocycles. The van der Waals surface area contributed by atoms with Crippen LogP contribution in [0.15, 0.2) is 21.7 Å². The van der Waals surface area contributed by atoms with Crippen LogP contribution in [0.25, 0.3) is 0 Å². The number of fused-ring (bicyclic) bond motifs is 1. The van der Waals surface area contributed by atoms with Crippen molar-refractivity contribution >= 4 is 6.41 Å². The molecule has 7 heteroatoms. The third kappa shape index (κ3) is 1.54. The Bertz CT molecular complexity index is 518. The van der Waals surface area contributed by atoms with E-state index in [9.17, 15) is 14.4 Å². The molecule has 0 radical (unpaired) electrons. The SMILES string of the molecule is CC1CC(NNC=O)n2c(=O)ccc(=O)n21. The van der Waals surface area contributed by atoms with Gasteiger partial charge in [0, 0.05) is 18.6 Å². The first kappa shape index (κ1) is 10.6. The summed E-state index contributed by atoms with van der Waals surface area (Å²) in [5.74, 6) is 0. The van der Waals surface area contributed by atoms with Crippen LogP contribution in [0.3, 0.4) is 0 Å². The molecule has 0 spiro atoms. The standard InChI is InChI=1S/C9H12N4O3/c1-6-4-7(11-10-5-14)13-9(16)3-2-8(15)12(6)13/h2-3,5-7,11H,4H2,1H3,(H,10,14). The maximum absolute atomic E-state index is 11.6. The number of nitrogens with one attached hydrogen (secondary N) is 2. The lowest BCUT2D eigenvalue weighted by molar-refractivity contribution is -0.110. The van der Waals surface area contributed by atoms with Gasteiger partial charge in [0.15, 0.2) is 0 Å². The second kappa shape index (κ2) is 3.93. The van der Waals surface area contributed by atoms with Crippen LogP contribution in [-0.2, 0) is 4.79 Å². The molecule has 16 heavy (non-hydrogen) atoms. The summed E-state index contributed by atoms with van der Waals surface area (Å²) in [7, 11) is 0. The Morgan fingerprint density at radius 3 is 2.56 bits per heavy atom. The van der Waals surface area contributed by atoms with Gasteiger partial charge in [-0.2, -0.15) is 0 Å². The van der Waals surface area contributed by atoms with E-state index in [-0.39, 0.29) is 23.3 Å². The van der Waals surface area contributed by atoms with E-state index in [4.69, 9.17) is 0 Å². The van der Waals surface area contributed by atoms with Crippen LogP contribution in [0.4, 0.5) is 0 Å². The number of hydrazine groups is 1. The summed E-state index contributed by atoms with van der Waals surface area (Å²) in [4.78, 5) is 33.4. The molecule has 0 aliphatic carbocycles. The zero-order valence-corrected chi connectivity index (χ0v) is 8.71. The summed E-state index contributed by atoms with van der Waals surface area (Å²) in [6.45, 7) is 1.85. The number of carbonyl (C=O) groups excluding carboxylic acids is 1. The third-order valence-corrected chi connectivity index (χ3v) is 2.64. The van der Waals surface area contributed by atoms with Crippen LogP contribution in [0.2, 0.25) is 0 Å². The van der Waals surface area contributed by atoms with Gasteiger partial charge in [-0.1, -0.05) is 0 Å². The molecule has 0 saturated carbocycles. The van der Waals surface area contributed by atoms with E-state index in [1.165, 1.54) is 21.5 Å². The smallest absolute Gasteiger partial charge is 0.266 e. The van der Waals surface area contributed by atoms with Gasteiger partial charge in [0.25, 0.3) is 11.1 Å². The van der Waals surface area contributed by atoms with Crippen molar-refractivity contribution in [2.75, 3.05) is 0 Å². The predicted octanol–water partition coefficient (Wildman–Crippen LogP) is -1.28. The highest BCUT2D eigenvalue weighted by Crippen LogP contribution is 2.23. The molecular weight excluding hydrogens is 212 g/mol. The minimum Gasteiger partial charge on any atom is -0.292 e. The van der Waals surface area contributed by atoms with Gasteiger partial charge < -0.3 is 0 Å². The molecule has 1 amide bonds. The lowest BCUT2D eigenvalue weighted by Crippen LogP contribution is -2.43. The molecule has 1 aromatic rings. The van der Waals surface area contributed by atoms with Crippen LogP contribution in [-0.4, -0.2) is 15.8 Å². The first-order valence-electron chi connectivity index (χ1n) is 4.94. The molecule has 0 aromatic carbocycles. The Morgan fingerprint density at radius 2 is 1.94 bits per heavy atom. The molecule has 0 fully saturated rings. The molecule has 0 bridgehead atoms. The lowest BCUT2D eigenvalue weighted by atomic mass is 10.2. The minimum absolute atomic E-state index is 0.0765. The van der Waals surface area contributed by atoms with Crippen molar-refractivity contribution in [3.8, 4) is 0 Å². The molecule has 2 atom stereocenters. The molecule has 2 rings (SSSR count). The Morgan fingerprint density at radius 1 is 1.31 bits per heavy atom. The second-order valence-corrected chi connectivity index (χ2v) is 3.71. The average molecular weight is 224 g/mol. The van der Waals surface area contributed by atoms with Crippen molar-refractivity contribution in [3.05, 3.63) is 32.8 Å². The first-order valence-corrected chi connectivity index (χ1v) is 4.94. The molecular formula is C9H12N4O3. The molecule has 86 valence electrons. The fourth-order valence-corrected chi connectivity index (χ4v) is 2.01. The van der Waals surface area contributed by atoms with Crippen LogP contribution < -0.4 is 22.0 Å². The molecule has 0 saturated heterocycles. The largest absolute Gasteiger partial charge is 0.292 e.